The van der Waals surface area contributed by atoms with Gasteiger partial charge in [0.15, 0.2) is 0 Å². The van der Waals surface area contributed by atoms with Gasteiger partial charge in [-0.3, -0.25) is 0 Å². The molecule has 5 heteroatoms. The standard InChI is InChI=1S/C55H38N2S3/c1-35-20-28-46-43-16-8-11-19-50(43)60-55(46)54(35)36-21-23-39(24-22-36)57(41-27-30-51-47(33-41)44-17-9-10-18-49(44)58-51)42-25-29-45-48-32-40(26-31-52(48)59-53(45)34-42)56(37-12-4-2-5-13-37)38-14-6-3-7-15-38/h2-35,54H,1H3. The molecule has 1 aliphatic rings. The minimum absolute atomic E-state index is 0.318. The first-order valence-electron chi connectivity index (χ1n) is 20.5. The number of nitrogens with zero attached hydrogens (tertiary/aromatic N) is 2. The summed E-state index contributed by atoms with van der Waals surface area (Å²) in [5.74, 6) is 0.725. The lowest BCUT2D eigenvalue weighted by Gasteiger charge is -2.28. The molecule has 1 aliphatic carbocycles. The van der Waals surface area contributed by atoms with E-state index < -0.39 is 0 Å². The van der Waals surface area contributed by atoms with Crippen LogP contribution >= 0.6 is 34.0 Å². The molecule has 0 spiro atoms. The third kappa shape index (κ3) is 5.88. The summed E-state index contributed by atoms with van der Waals surface area (Å²) in [6, 6.07) is 69.3. The molecule has 0 saturated heterocycles. The van der Waals surface area contributed by atoms with E-state index in [0.717, 1.165) is 34.1 Å². The highest BCUT2D eigenvalue weighted by atomic mass is 32.1. The van der Waals surface area contributed by atoms with Crippen molar-refractivity contribution in [3.8, 4) is 0 Å². The molecule has 0 radical (unpaired) electrons. The van der Waals surface area contributed by atoms with E-state index >= 15 is 0 Å². The zero-order valence-electron chi connectivity index (χ0n) is 32.8. The maximum atomic E-state index is 2.45. The predicted octanol–water partition coefficient (Wildman–Crippen LogP) is 17.4. The maximum absolute atomic E-state index is 2.45. The van der Waals surface area contributed by atoms with Crippen molar-refractivity contribution in [3.63, 3.8) is 0 Å². The van der Waals surface area contributed by atoms with Crippen LogP contribution in [-0.4, -0.2) is 0 Å². The molecule has 0 saturated carbocycles. The molecule has 2 atom stereocenters. The summed E-state index contributed by atoms with van der Waals surface area (Å²) in [4.78, 5) is 6.27. The van der Waals surface area contributed by atoms with Gasteiger partial charge in [0.2, 0.25) is 0 Å². The summed E-state index contributed by atoms with van der Waals surface area (Å²) in [5.41, 5.74) is 9.63. The Bertz CT molecular complexity index is 3370. The third-order valence-corrected chi connectivity index (χ3v) is 15.7. The van der Waals surface area contributed by atoms with Crippen LogP contribution in [0, 0.1) is 5.92 Å². The number of thiophene rings is 3. The molecule has 60 heavy (non-hydrogen) atoms. The van der Waals surface area contributed by atoms with Gasteiger partial charge in [0, 0.05) is 90.0 Å². The van der Waals surface area contributed by atoms with Crippen LogP contribution < -0.4 is 9.80 Å². The van der Waals surface area contributed by atoms with E-state index in [4.69, 9.17) is 0 Å². The van der Waals surface area contributed by atoms with Crippen LogP contribution in [0.5, 0.6) is 0 Å². The molecule has 11 aromatic rings. The van der Waals surface area contributed by atoms with Crippen molar-refractivity contribution in [2.45, 2.75) is 12.8 Å². The van der Waals surface area contributed by atoms with Crippen molar-refractivity contribution >= 4 is 125 Å². The number of rotatable bonds is 7. The molecule has 0 aliphatic heterocycles. The number of benzene rings is 8. The number of hydrogen-bond acceptors (Lipinski definition) is 5. The van der Waals surface area contributed by atoms with Gasteiger partial charge in [-0.05, 0) is 119 Å². The molecule has 0 fully saturated rings. The first kappa shape index (κ1) is 35.4. The second-order valence-corrected chi connectivity index (χ2v) is 19.0. The smallest absolute Gasteiger partial charge is 0.0476 e. The Morgan fingerprint density at radius 3 is 1.50 bits per heavy atom. The summed E-state index contributed by atoms with van der Waals surface area (Å²) in [6.45, 7) is 2.36. The molecule has 12 rings (SSSR count). The van der Waals surface area contributed by atoms with Gasteiger partial charge in [0.05, 0.1) is 0 Å². The fourth-order valence-corrected chi connectivity index (χ4v) is 12.9. The lowest BCUT2D eigenvalue weighted by atomic mass is 9.80. The van der Waals surface area contributed by atoms with E-state index in [1.54, 1.807) is 0 Å². The summed E-state index contributed by atoms with van der Waals surface area (Å²) in [7, 11) is 0. The minimum Gasteiger partial charge on any atom is -0.310 e. The van der Waals surface area contributed by atoms with Crippen LogP contribution in [0.3, 0.4) is 0 Å². The largest absolute Gasteiger partial charge is 0.310 e. The van der Waals surface area contributed by atoms with Crippen LogP contribution in [0.4, 0.5) is 34.1 Å². The lowest BCUT2D eigenvalue weighted by molar-refractivity contribution is 0.629. The van der Waals surface area contributed by atoms with E-state index in [1.165, 1.54) is 66.4 Å². The first-order chi connectivity index (χ1) is 29.6. The van der Waals surface area contributed by atoms with E-state index in [0.29, 0.717) is 11.8 Å². The van der Waals surface area contributed by atoms with Gasteiger partial charge in [-0.2, -0.15) is 0 Å². The molecule has 3 aromatic heterocycles. The molecular formula is C55H38N2S3. The summed E-state index contributed by atoms with van der Waals surface area (Å²) >= 11 is 5.69. The van der Waals surface area contributed by atoms with Gasteiger partial charge in [-0.25, -0.2) is 0 Å². The number of anilines is 6. The highest BCUT2D eigenvalue weighted by Crippen LogP contribution is 2.48. The highest BCUT2D eigenvalue weighted by Gasteiger charge is 2.29. The molecule has 286 valence electrons. The second-order valence-electron chi connectivity index (χ2n) is 15.7. The van der Waals surface area contributed by atoms with Gasteiger partial charge in [0.25, 0.3) is 0 Å². The molecular weight excluding hydrogens is 785 g/mol. The minimum atomic E-state index is 0.318. The van der Waals surface area contributed by atoms with Gasteiger partial charge in [-0.15, -0.1) is 34.0 Å². The van der Waals surface area contributed by atoms with Crippen LogP contribution in [0.25, 0.3) is 56.5 Å². The second kappa shape index (κ2) is 14.4. The molecule has 0 amide bonds. The van der Waals surface area contributed by atoms with Crippen molar-refractivity contribution in [2.24, 2.45) is 5.92 Å². The maximum Gasteiger partial charge on any atom is 0.0476 e. The van der Waals surface area contributed by atoms with E-state index in [1.807, 2.05) is 34.0 Å². The Kier molecular flexibility index (Phi) is 8.48. The van der Waals surface area contributed by atoms with Crippen molar-refractivity contribution in [1.29, 1.82) is 0 Å². The number of hydrogen-bond donors (Lipinski definition) is 0. The topological polar surface area (TPSA) is 6.48 Å². The first-order valence-corrected chi connectivity index (χ1v) is 23.0. The average Bonchev–Trinajstić information content (AvgIpc) is 3.98. The summed E-state index contributed by atoms with van der Waals surface area (Å²) in [6.07, 6.45) is 4.75. The Morgan fingerprint density at radius 2 is 0.833 bits per heavy atom. The average molecular weight is 823 g/mol. The Hall–Kier alpha value is -6.50. The normalized spacial score (nSPS) is 15.0. The van der Waals surface area contributed by atoms with Crippen LogP contribution in [0.15, 0.2) is 194 Å². The summed E-state index contributed by atoms with van der Waals surface area (Å²) in [5, 5.41) is 6.52. The molecule has 0 N–H and O–H groups in total. The summed E-state index contributed by atoms with van der Waals surface area (Å²) < 4.78 is 6.55. The van der Waals surface area contributed by atoms with E-state index in [-0.39, 0.29) is 0 Å². The van der Waals surface area contributed by atoms with Gasteiger partial charge in [0.1, 0.15) is 0 Å². The Balaban J connectivity index is 0.980. The molecule has 0 bridgehead atoms. The number of allylic oxidation sites excluding steroid dienone is 1. The van der Waals surface area contributed by atoms with Crippen molar-refractivity contribution < 1.29 is 0 Å². The Morgan fingerprint density at radius 1 is 0.367 bits per heavy atom. The van der Waals surface area contributed by atoms with Crippen molar-refractivity contribution in [1.82, 2.24) is 0 Å². The quantitative estimate of drug-likeness (QED) is 0.158. The van der Waals surface area contributed by atoms with Gasteiger partial charge in [-0.1, -0.05) is 110 Å². The zero-order chi connectivity index (χ0) is 39.7. The fourth-order valence-electron chi connectivity index (χ4n) is 9.30. The Labute approximate surface area is 361 Å². The molecule has 3 heterocycles. The highest BCUT2D eigenvalue weighted by molar-refractivity contribution is 7.26. The third-order valence-electron chi connectivity index (χ3n) is 12.1. The van der Waals surface area contributed by atoms with Crippen molar-refractivity contribution in [2.75, 3.05) is 9.80 Å². The van der Waals surface area contributed by atoms with Crippen LogP contribution in [0.1, 0.15) is 28.8 Å². The molecule has 8 aromatic carbocycles. The van der Waals surface area contributed by atoms with Gasteiger partial charge >= 0.3 is 0 Å². The lowest BCUT2D eigenvalue weighted by Crippen LogP contribution is -2.13. The zero-order valence-corrected chi connectivity index (χ0v) is 35.3. The van der Waals surface area contributed by atoms with Crippen LogP contribution in [-0.2, 0) is 0 Å². The monoisotopic (exact) mass is 822 g/mol. The van der Waals surface area contributed by atoms with E-state index in [9.17, 15) is 0 Å². The van der Waals surface area contributed by atoms with Gasteiger partial charge < -0.3 is 9.80 Å². The van der Waals surface area contributed by atoms with Crippen LogP contribution in [0.2, 0.25) is 0 Å². The number of para-hydroxylation sites is 2. The van der Waals surface area contributed by atoms with E-state index in [2.05, 4.69) is 217 Å². The van der Waals surface area contributed by atoms with Crippen molar-refractivity contribution in [3.05, 3.63) is 210 Å². The number of fused-ring (bicyclic) bond motifs is 9. The predicted molar refractivity (Wildman–Crippen MR) is 263 cm³/mol. The molecule has 2 unspecified atom stereocenters. The molecule has 2 nitrogen and oxygen atoms in total. The SMILES string of the molecule is CC1C=Cc2c(sc3ccccc23)C1c1ccc(N(c2ccc3c(c2)sc2ccc(N(c4ccccc4)c4ccccc4)cc23)c2ccc3sc4ccccc4c3c2)cc1. The fraction of sp³-hybridized carbons (Fsp3) is 0.0545.